The molecule has 0 saturated heterocycles. The van der Waals surface area contributed by atoms with Crippen molar-refractivity contribution in [2.24, 2.45) is 0 Å². The summed E-state index contributed by atoms with van der Waals surface area (Å²) in [6.07, 6.45) is -0.694. The van der Waals surface area contributed by atoms with Crippen molar-refractivity contribution in [3.8, 4) is 5.75 Å². The molecular formula is C32H32FNO3. The Balaban J connectivity index is 1.42. The summed E-state index contributed by atoms with van der Waals surface area (Å²) in [5.41, 5.74) is 4.28. The minimum Gasteiger partial charge on any atom is -0.485 e. The van der Waals surface area contributed by atoms with Crippen molar-refractivity contribution < 1.29 is 18.6 Å². The third kappa shape index (κ3) is 6.19. The van der Waals surface area contributed by atoms with Crippen molar-refractivity contribution in [2.75, 3.05) is 5.32 Å². The topological polar surface area (TPSA) is 39.7 Å². The lowest BCUT2D eigenvalue weighted by atomic mass is 9.87. The summed E-state index contributed by atoms with van der Waals surface area (Å²) < 4.78 is 33.2. The van der Waals surface area contributed by atoms with Crippen molar-refractivity contribution in [1.29, 1.82) is 0 Å². The molecule has 37 heavy (non-hydrogen) atoms. The maximum atomic E-state index is 13.6. The van der Waals surface area contributed by atoms with Crippen LogP contribution in [0, 0.1) is 5.82 Å². The Kier molecular flexibility index (Phi) is 7.54. The molecule has 190 valence electrons. The molecule has 4 aromatic carbocycles. The molecule has 4 nitrogen and oxygen atoms in total. The third-order valence-corrected chi connectivity index (χ3v) is 6.58. The SMILES string of the molecule is CC1(C)Oc2ccc(NCc3cccc(F)c3)cc2C(OCc2ccccc2)C1OCc1ccccc1. The van der Waals surface area contributed by atoms with E-state index in [1.165, 1.54) is 12.1 Å². The van der Waals surface area contributed by atoms with Gasteiger partial charge in [-0.05, 0) is 60.9 Å². The van der Waals surface area contributed by atoms with Crippen LogP contribution in [0.15, 0.2) is 103 Å². The second-order valence-corrected chi connectivity index (χ2v) is 9.88. The quantitative estimate of drug-likeness (QED) is 0.261. The number of fused-ring (bicyclic) bond motifs is 1. The predicted octanol–water partition coefficient (Wildman–Crippen LogP) is 7.45. The number of anilines is 1. The summed E-state index contributed by atoms with van der Waals surface area (Å²) in [5.74, 6) is 0.534. The molecule has 2 unspecified atom stereocenters. The first-order chi connectivity index (χ1) is 18.0. The molecule has 0 fully saturated rings. The van der Waals surface area contributed by atoms with E-state index in [2.05, 4.69) is 35.6 Å². The zero-order valence-electron chi connectivity index (χ0n) is 21.2. The van der Waals surface area contributed by atoms with Gasteiger partial charge in [-0.2, -0.15) is 0 Å². The van der Waals surface area contributed by atoms with E-state index in [1.54, 1.807) is 6.07 Å². The molecule has 0 spiro atoms. The van der Waals surface area contributed by atoms with E-state index in [-0.39, 0.29) is 18.0 Å². The molecule has 0 amide bonds. The molecule has 4 aromatic rings. The normalized spacial score (nSPS) is 18.0. The fourth-order valence-electron chi connectivity index (χ4n) is 4.68. The fourth-order valence-corrected chi connectivity index (χ4v) is 4.68. The van der Waals surface area contributed by atoms with Crippen LogP contribution in [0.2, 0.25) is 0 Å². The average Bonchev–Trinajstić information content (AvgIpc) is 2.91. The van der Waals surface area contributed by atoms with Crippen molar-refractivity contribution in [2.45, 2.75) is 51.4 Å². The van der Waals surface area contributed by atoms with Gasteiger partial charge in [-0.15, -0.1) is 0 Å². The van der Waals surface area contributed by atoms with Gasteiger partial charge in [0.2, 0.25) is 0 Å². The van der Waals surface area contributed by atoms with Crippen LogP contribution in [0.5, 0.6) is 5.75 Å². The lowest BCUT2D eigenvalue weighted by molar-refractivity contribution is -0.170. The Bertz CT molecular complexity index is 1310. The number of hydrogen-bond donors (Lipinski definition) is 1. The molecule has 5 heteroatoms. The zero-order chi connectivity index (χ0) is 25.7. The number of rotatable bonds is 9. The highest BCUT2D eigenvalue weighted by Crippen LogP contribution is 2.45. The number of ether oxygens (including phenoxy) is 3. The summed E-state index contributed by atoms with van der Waals surface area (Å²) in [6, 6.07) is 32.9. The average molecular weight is 498 g/mol. The lowest BCUT2D eigenvalue weighted by Gasteiger charge is -2.44. The molecule has 5 rings (SSSR count). The lowest BCUT2D eigenvalue weighted by Crippen LogP contribution is -2.50. The molecule has 0 aromatic heterocycles. The first kappa shape index (κ1) is 25.0. The first-order valence-electron chi connectivity index (χ1n) is 12.6. The van der Waals surface area contributed by atoms with Crippen molar-refractivity contribution >= 4 is 5.69 Å². The summed E-state index contributed by atoms with van der Waals surface area (Å²) in [7, 11) is 0. The Morgan fingerprint density at radius 1 is 0.757 bits per heavy atom. The zero-order valence-corrected chi connectivity index (χ0v) is 21.2. The molecule has 1 aliphatic heterocycles. The van der Waals surface area contributed by atoms with E-state index in [9.17, 15) is 4.39 Å². The summed E-state index contributed by atoms with van der Waals surface area (Å²) in [6.45, 7) is 5.50. The highest BCUT2D eigenvalue weighted by Gasteiger charge is 2.45. The fraction of sp³-hybridized carbons (Fsp3) is 0.250. The van der Waals surface area contributed by atoms with Crippen LogP contribution in [0.25, 0.3) is 0 Å². The van der Waals surface area contributed by atoms with E-state index in [1.807, 2.05) is 68.4 Å². The van der Waals surface area contributed by atoms with Crippen molar-refractivity contribution in [3.05, 3.63) is 131 Å². The molecular weight excluding hydrogens is 465 g/mol. The van der Waals surface area contributed by atoms with E-state index < -0.39 is 5.60 Å². The second-order valence-electron chi connectivity index (χ2n) is 9.88. The Labute approximate surface area is 218 Å². The van der Waals surface area contributed by atoms with Crippen molar-refractivity contribution in [3.63, 3.8) is 0 Å². The molecule has 0 radical (unpaired) electrons. The minimum absolute atomic E-state index is 0.242. The maximum absolute atomic E-state index is 13.6. The van der Waals surface area contributed by atoms with Gasteiger partial charge in [0.25, 0.3) is 0 Å². The molecule has 2 atom stereocenters. The van der Waals surface area contributed by atoms with Gasteiger partial charge < -0.3 is 19.5 Å². The van der Waals surface area contributed by atoms with Gasteiger partial charge in [-0.25, -0.2) is 4.39 Å². The van der Waals surface area contributed by atoms with Crippen LogP contribution >= 0.6 is 0 Å². The Hall–Kier alpha value is -3.67. The van der Waals surface area contributed by atoms with Gasteiger partial charge in [0.15, 0.2) is 0 Å². The minimum atomic E-state index is -0.611. The molecule has 0 bridgehead atoms. The standard InChI is InChI=1S/C32H32FNO3/c1-32(2)31(36-22-24-12-7-4-8-13-24)30(35-21-23-10-5-3-6-11-23)28-19-27(16-17-29(28)37-32)34-20-25-14-9-15-26(33)18-25/h3-19,30-31,34H,20-22H2,1-2H3. The summed E-state index contributed by atoms with van der Waals surface area (Å²) in [5, 5.41) is 3.41. The third-order valence-electron chi connectivity index (χ3n) is 6.58. The number of nitrogens with one attached hydrogen (secondary N) is 1. The van der Waals surface area contributed by atoms with Crippen LogP contribution < -0.4 is 10.1 Å². The second kappa shape index (κ2) is 11.2. The van der Waals surface area contributed by atoms with Crippen LogP contribution in [-0.4, -0.2) is 11.7 Å². The molecule has 1 heterocycles. The van der Waals surface area contributed by atoms with E-state index in [4.69, 9.17) is 14.2 Å². The molecule has 0 saturated carbocycles. The van der Waals surface area contributed by atoms with Gasteiger partial charge in [-0.3, -0.25) is 0 Å². The monoisotopic (exact) mass is 497 g/mol. The van der Waals surface area contributed by atoms with Crippen LogP contribution in [-0.2, 0) is 29.2 Å². The number of benzene rings is 4. The predicted molar refractivity (Wildman–Crippen MR) is 144 cm³/mol. The van der Waals surface area contributed by atoms with Crippen molar-refractivity contribution in [1.82, 2.24) is 0 Å². The van der Waals surface area contributed by atoms with E-state index >= 15 is 0 Å². The van der Waals surface area contributed by atoms with Crippen LogP contribution in [0.1, 0.15) is 42.2 Å². The first-order valence-corrected chi connectivity index (χ1v) is 12.6. The smallest absolute Gasteiger partial charge is 0.132 e. The van der Waals surface area contributed by atoms with Gasteiger partial charge in [0, 0.05) is 17.8 Å². The van der Waals surface area contributed by atoms with Gasteiger partial charge in [0.05, 0.1) is 13.2 Å². The summed E-state index contributed by atoms with van der Waals surface area (Å²) >= 11 is 0. The van der Waals surface area contributed by atoms with Gasteiger partial charge >= 0.3 is 0 Å². The Morgan fingerprint density at radius 3 is 2.08 bits per heavy atom. The highest BCUT2D eigenvalue weighted by atomic mass is 19.1. The molecule has 1 aliphatic rings. The maximum Gasteiger partial charge on any atom is 0.132 e. The molecule has 0 aliphatic carbocycles. The highest BCUT2D eigenvalue weighted by molar-refractivity contribution is 5.54. The van der Waals surface area contributed by atoms with E-state index in [0.717, 1.165) is 33.7 Å². The van der Waals surface area contributed by atoms with Gasteiger partial charge in [-0.1, -0.05) is 72.8 Å². The van der Waals surface area contributed by atoms with Gasteiger partial charge in [0.1, 0.15) is 29.4 Å². The van der Waals surface area contributed by atoms with Crippen LogP contribution in [0.3, 0.4) is 0 Å². The van der Waals surface area contributed by atoms with Crippen LogP contribution in [0.4, 0.5) is 10.1 Å². The van der Waals surface area contributed by atoms with E-state index in [0.29, 0.717) is 19.8 Å². The number of halogens is 1. The summed E-state index contributed by atoms with van der Waals surface area (Å²) in [4.78, 5) is 0. The number of hydrogen-bond acceptors (Lipinski definition) is 4. The molecule has 1 N–H and O–H groups in total. The largest absolute Gasteiger partial charge is 0.485 e. The Morgan fingerprint density at radius 2 is 1.41 bits per heavy atom.